The van der Waals surface area contributed by atoms with Gasteiger partial charge >= 0.3 is 23.9 Å². The second kappa shape index (κ2) is 16.8. The van der Waals surface area contributed by atoms with Crippen molar-refractivity contribution >= 4 is 23.9 Å². The molecular formula is C31H55N3O8. The highest BCUT2D eigenvalue weighted by Gasteiger charge is 2.26. The monoisotopic (exact) mass is 597 g/mol. The molecule has 11 nitrogen and oxygen atoms in total. The van der Waals surface area contributed by atoms with Crippen LogP contribution in [0.5, 0.6) is 0 Å². The Morgan fingerprint density at radius 3 is 0.881 bits per heavy atom. The molecule has 0 aromatic heterocycles. The van der Waals surface area contributed by atoms with Crippen LogP contribution in [-0.2, 0) is 38.1 Å². The molecule has 0 aromatic rings. The highest BCUT2D eigenvalue weighted by molar-refractivity contribution is 5.76. The zero-order chi connectivity index (χ0) is 32.9. The normalized spacial score (nSPS) is 12.7. The highest BCUT2D eigenvalue weighted by atomic mass is 16.6. The van der Waals surface area contributed by atoms with Crippen LogP contribution in [0.4, 0.5) is 0 Å². The molecule has 0 aromatic carbocycles. The smallest absolute Gasteiger partial charge is 0.320 e. The fraction of sp³-hybridized carbons (Fsp3) is 0.806. The number of nitrogens with zero attached hydrogens (tertiary/aromatic N) is 3. The number of carbonyl (C=O) groups excluding carboxylic acids is 4. The van der Waals surface area contributed by atoms with Gasteiger partial charge in [-0.2, -0.15) is 0 Å². The molecule has 42 heavy (non-hydrogen) atoms. The minimum absolute atomic E-state index is 0.107. The molecule has 0 fully saturated rings. The first-order valence-electron chi connectivity index (χ1n) is 14.4. The zero-order valence-corrected chi connectivity index (χ0v) is 28.0. The standard InChI is InChI=1S/C31H55N3O8/c1-14-15-32(16-18-33(20-24(35)39-28(2,3)4)21-25(36)40-29(5,6)7)17-19-34(22-26(37)41-30(8,9)10)23-27(38)42-31(11,12)13/h1H,15-23H2,2-13H3. The van der Waals surface area contributed by atoms with Crippen LogP contribution in [0.15, 0.2) is 0 Å². The van der Waals surface area contributed by atoms with Gasteiger partial charge in [0.1, 0.15) is 22.4 Å². The summed E-state index contributed by atoms with van der Waals surface area (Å²) in [6.45, 7) is 22.6. The third kappa shape index (κ3) is 22.9. The lowest BCUT2D eigenvalue weighted by Crippen LogP contribution is -2.46. The number of hydrogen-bond donors (Lipinski definition) is 0. The third-order valence-electron chi connectivity index (χ3n) is 4.87. The first-order valence-corrected chi connectivity index (χ1v) is 14.4. The molecule has 0 N–H and O–H groups in total. The molecule has 0 radical (unpaired) electrons. The number of esters is 4. The largest absolute Gasteiger partial charge is 0.459 e. The molecule has 0 atom stereocenters. The maximum atomic E-state index is 12.6. The molecular weight excluding hydrogens is 542 g/mol. The second-order valence-electron chi connectivity index (χ2n) is 14.2. The molecule has 0 aliphatic heterocycles. The third-order valence-corrected chi connectivity index (χ3v) is 4.87. The van der Waals surface area contributed by atoms with E-state index in [0.717, 1.165) is 0 Å². The van der Waals surface area contributed by atoms with Crippen LogP contribution in [0.1, 0.15) is 83.1 Å². The van der Waals surface area contributed by atoms with Gasteiger partial charge in [0.15, 0.2) is 0 Å². The van der Waals surface area contributed by atoms with E-state index in [0.29, 0.717) is 26.2 Å². The van der Waals surface area contributed by atoms with E-state index >= 15 is 0 Å². The Bertz CT molecular complexity index is 802. The summed E-state index contributed by atoms with van der Waals surface area (Å²) in [4.78, 5) is 55.5. The van der Waals surface area contributed by atoms with Crippen LogP contribution in [0, 0.1) is 12.3 Å². The summed E-state index contributed by atoms with van der Waals surface area (Å²) < 4.78 is 21.8. The Labute approximate surface area is 253 Å². The van der Waals surface area contributed by atoms with Crippen molar-refractivity contribution in [2.24, 2.45) is 0 Å². The lowest BCUT2D eigenvalue weighted by Gasteiger charge is -2.30. The first-order chi connectivity index (χ1) is 18.9. The quantitative estimate of drug-likeness (QED) is 0.158. The lowest BCUT2D eigenvalue weighted by molar-refractivity contribution is -0.162. The van der Waals surface area contributed by atoms with E-state index in [2.05, 4.69) is 5.92 Å². The highest BCUT2D eigenvalue weighted by Crippen LogP contribution is 2.12. The lowest BCUT2D eigenvalue weighted by atomic mass is 10.2. The van der Waals surface area contributed by atoms with Gasteiger partial charge in [0.2, 0.25) is 0 Å². The van der Waals surface area contributed by atoms with E-state index in [9.17, 15) is 19.2 Å². The van der Waals surface area contributed by atoms with Crippen LogP contribution in [0.3, 0.4) is 0 Å². The zero-order valence-electron chi connectivity index (χ0n) is 28.0. The minimum Gasteiger partial charge on any atom is -0.459 e. The number of ether oxygens (including phenoxy) is 4. The molecule has 0 amide bonds. The molecule has 11 heteroatoms. The van der Waals surface area contributed by atoms with Gasteiger partial charge in [0.05, 0.1) is 32.7 Å². The van der Waals surface area contributed by atoms with E-state index in [-0.39, 0.29) is 32.7 Å². The van der Waals surface area contributed by atoms with Gasteiger partial charge in [-0.3, -0.25) is 33.9 Å². The van der Waals surface area contributed by atoms with Crippen LogP contribution in [0.2, 0.25) is 0 Å². The van der Waals surface area contributed by atoms with Gasteiger partial charge in [-0.15, -0.1) is 6.42 Å². The molecule has 0 spiro atoms. The fourth-order valence-corrected chi connectivity index (χ4v) is 3.62. The molecule has 0 rings (SSSR count). The van der Waals surface area contributed by atoms with Crippen molar-refractivity contribution in [1.82, 2.24) is 14.7 Å². The average molecular weight is 598 g/mol. The molecule has 0 aliphatic rings. The van der Waals surface area contributed by atoms with Crippen molar-refractivity contribution in [3.63, 3.8) is 0 Å². The predicted molar refractivity (Wildman–Crippen MR) is 162 cm³/mol. The fourth-order valence-electron chi connectivity index (χ4n) is 3.62. The van der Waals surface area contributed by atoms with Gasteiger partial charge in [0, 0.05) is 26.2 Å². The molecule has 0 unspecified atom stereocenters. The van der Waals surface area contributed by atoms with Crippen molar-refractivity contribution < 1.29 is 38.1 Å². The van der Waals surface area contributed by atoms with E-state index in [4.69, 9.17) is 25.4 Å². The summed E-state index contributed by atoms with van der Waals surface area (Å²) in [6, 6.07) is 0. The van der Waals surface area contributed by atoms with E-state index in [1.807, 2.05) is 4.90 Å². The summed E-state index contributed by atoms with van der Waals surface area (Å²) >= 11 is 0. The van der Waals surface area contributed by atoms with E-state index in [1.165, 1.54) is 0 Å². The van der Waals surface area contributed by atoms with E-state index in [1.54, 1.807) is 92.9 Å². The number of terminal acetylenes is 1. The number of rotatable bonds is 15. The van der Waals surface area contributed by atoms with Crippen molar-refractivity contribution in [2.45, 2.75) is 105 Å². The summed E-state index contributed by atoms with van der Waals surface area (Å²) in [6.07, 6.45) is 5.63. The number of carbonyl (C=O) groups is 4. The van der Waals surface area contributed by atoms with Crippen molar-refractivity contribution in [3.05, 3.63) is 0 Å². The maximum absolute atomic E-state index is 12.6. The van der Waals surface area contributed by atoms with Crippen LogP contribution in [-0.4, -0.2) is 120 Å². The Morgan fingerprint density at radius 1 is 0.476 bits per heavy atom. The SMILES string of the molecule is C#CCN(CCN(CC(=O)OC(C)(C)C)CC(=O)OC(C)(C)C)CCN(CC(=O)OC(C)(C)C)CC(=O)OC(C)(C)C. The summed E-state index contributed by atoms with van der Waals surface area (Å²) in [7, 11) is 0. The first kappa shape index (κ1) is 39.3. The van der Waals surface area contributed by atoms with Gasteiger partial charge in [-0.05, 0) is 83.1 Å². The molecule has 0 bridgehead atoms. The Kier molecular flexibility index (Phi) is 15.8. The Balaban J connectivity index is 5.58. The van der Waals surface area contributed by atoms with Gasteiger partial charge in [0.25, 0.3) is 0 Å². The maximum Gasteiger partial charge on any atom is 0.320 e. The van der Waals surface area contributed by atoms with Crippen LogP contribution in [0.25, 0.3) is 0 Å². The van der Waals surface area contributed by atoms with E-state index < -0.39 is 46.3 Å². The van der Waals surface area contributed by atoms with Gasteiger partial charge in [-0.1, -0.05) is 5.92 Å². The van der Waals surface area contributed by atoms with Crippen molar-refractivity contribution in [1.29, 1.82) is 0 Å². The molecule has 0 saturated heterocycles. The Hall–Kier alpha value is -2.68. The predicted octanol–water partition coefficient (Wildman–Crippen LogP) is 2.89. The van der Waals surface area contributed by atoms with Crippen molar-refractivity contribution in [2.75, 3.05) is 58.9 Å². The molecule has 242 valence electrons. The molecule has 0 heterocycles. The van der Waals surface area contributed by atoms with Gasteiger partial charge in [-0.25, -0.2) is 0 Å². The second-order valence-corrected chi connectivity index (χ2v) is 14.2. The molecule has 0 saturated carbocycles. The van der Waals surface area contributed by atoms with Crippen LogP contribution >= 0.6 is 0 Å². The van der Waals surface area contributed by atoms with Crippen LogP contribution < -0.4 is 0 Å². The minimum atomic E-state index is -0.671. The average Bonchev–Trinajstić information content (AvgIpc) is 2.69. The van der Waals surface area contributed by atoms with Crippen molar-refractivity contribution in [3.8, 4) is 12.3 Å². The Morgan fingerprint density at radius 2 is 0.690 bits per heavy atom. The summed E-state index contributed by atoms with van der Waals surface area (Å²) in [5, 5.41) is 0. The number of hydrogen-bond acceptors (Lipinski definition) is 11. The van der Waals surface area contributed by atoms with Gasteiger partial charge < -0.3 is 18.9 Å². The molecule has 0 aliphatic carbocycles. The summed E-state index contributed by atoms with van der Waals surface area (Å²) in [5.74, 6) is 0.775. The summed E-state index contributed by atoms with van der Waals surface area (Å²) in [5.41, 5.74) is -2.68. The topological polar surface area (TPSA) is 115 Å².